The Labute approximate surface area is 202 Å². The zero-order chi connectivity index (χ0) is 23.9. The summed E-state index contributed by atoms with van der Waals surface area (Å²) in [6, 6.07) is 20.5. The highest BCUT2D eigenvalue weighted by Gasteiger charge is 2.20. The van der Waals surface area contributed by atoms with Gasteiger partial charge in [-0.05, 0) is 55.3 Å². The van der Waals surface area contributed by atoms with Crippen LogP contribution in [0.25, 0.3) is 10.8 Å². The minimum atomic E-state index is -1.00. The summed E-state index contributed by atoms with van der Waals surface area (Å²) in [4.78, 5) is 18.6. The van der Waals surface area contributed by atoms with Gasteiger partial charge in [0, 0.05) is 17.7 Å². The maximum absolute atomic E-state index is 11.6. The van der Waals surface area contributed by atoms with Crippen LogP contribution in [0, 0.1) is 6.92 Å². The quantitative estimate of drug-likeness (QED) is 0.287. The van der Waals surface area contributed by atoms with Crippen LogP contribution in [0.2, 0.25) is 0 Å². The van der Waals surface area contributed by atoms with Crippen LogP contribution in [0.15, 0.2) is 71.1 Å². The Hall–Kier alpha value is -3.58. The smallest absolute Gasteiger partial charge is 0.345 e. The molecule has 0 fully saturated rings. The van der Waals surface area contributed by atoms with Gasteiger partial charge in [0.15, 0.2) is 6.10 Å². The Kier molecular flexibility index (Phi) is 7.65. The Morgan fingerprint density at radius 3 is 2.50 bits per heavy atom. The van der Waals surface area contributed by atoms with E-state index in [0.717, 1.165) is 28.3 Å². The summed E-state index contributed by atoms with van der Waals surface area (Å²) in [5.41, 5.74) is 1.75. The Morgan fingerprint density at radius 2 is 1.82 bits per heavy atom. The first-order chi connectivity index (χ1) is 16.5. The summed E-state index contributed by atoms with van der Waals surface area (Å²) in [5.74, 6) is 1.71. The monoisotopic (exact) mass is 477 g/mol. The van der Waals surface area contributed by atoms with Gasteiger partial charge < -0.3 is 19.0 Å². The van der Waals surface area contributed by atoms with E-state index in [-0.39, 0.29) is 6.42 Å². The molecule has 0 spiro atoms. The van der Waals surface area contributed by atoms with Crippen molar-refractivity contribution in [3.63, 3.8) is 0 Å². The number of ether oxygens (including phenoxy) is 2. The third kappa shape index (κ3) is 6.05. The molecule has 2 heterocycles. The van der Waals surface area contributed by atoms with Crippen molar-refractivity contribution in [2.75, 3.05) is 6.61 Å². The van der Waals surface area contributed by atoms with Gasteiger partial charge in [0.25, 0.3) is 0 Å². The fourth-order valence-electron chi connectivity index (χ4n) is 3.49. The third-order valence-corrected chi connectivity index (χ3v) is 6.58. The number of benzene rings is 2. The lowest BCUT2D eigenvalue weighted by atomic mass is 10.1. The molecule has 4 rings (SSSR count). The molecule has 0 bridgehead atoms. The molecular formula is C27H27NO5S. The van der Waals surface area contributed by atoms with Crippen LogP contribution < -0.4 is 9.47 Å². The molecule has 0 aliphatic heterocycles. The van der Waals surface area contributed by atoms with E-state index in [2.05, 4.69) is 24.0 Å². The van der Waals surface area contributed by atoms with Gasteiger partial charge in [-0.25, -0.2) is 9.78 Å². The molecule has 34 heavy (non-hydrogen) atoms. The zero-order valence-electron chi connectivity index (χ0n) is 19.2. The summed E-state index contributed by atoms with van der Waals surface area (Å²) in [6.45, 7) is 4.52. The topological polar surface area (TPSA) is 81.8 Å². The molecule has 0 saturated heterocycles. The molecule has 2 aromatic heterocycles. The number of carboxylic acid groups (broad SMARTS) is 1. The third-order valence-electron chi connectivity index (χ3n) is 5.36. The van der Waals surface area contributed by atoms with Gasteiger partial charge in [0.05, 0.1) is 17.2 Å². The van der Waals surface area contributed by atoms with E-state index in [0.29, 0.717) is 30.4 Å². The van der Waals surface area contributed by atoms with Crippen LogP contribution in [-0.4, -0.2) is 28.8 Å². The van der Waals surface area contributed by atoms with Crippen molar-refractivity contribution < 1.29 is 23.8 Å². The van der Waals surface area contributed by atoms with Gasteiger partial charge in [-0.3, -0.25) is 0 Å². The average Bonchev–Trinajstić information content (AvgIpc) is 3.47. The first-order valence-corrected chi connectivity index (χ1v) is 12.0. The van der Waals surface area contributed by atoms with Crippen LogP contribution in [0.4, 0.5) is 0 Å². The molecule has 6 nitrogen and oxygen atoms in total. The SMILES string of the molecule is CCc1ccc(-c2nc(CCOc3ccc(CC(Oc4ccccc4)C(=O)O)cc3)c(C)o2)s1. The van der Waals surface area contributed by atoms with Gasteiger partial charge in [0.2, 0.25) is 5.89 Å². The molecule has 2 aromatic carbocycles. The molecule has 0 amide bonds. The van der Waals surface area contributed by atoms with Crippen LogP contribution in [0.3, 0.4) is 0 Å². The summed E-state index contributed by atoms with van der Waals surface area (Å²) in [7, 11) is 0. The number of para-hydroxylation sites is 1. The number of oxazole rings is 1. The number of rotatable bonds is 11. The van der Waals surface area contributed by atoms with E-state index in [1.165, 1.54) is 4.88 Å². The Balaban J connectivity index is 1.30. The number of aromatic nitrogens is 1. The van der Waals surface area contributed by atoms with E-state index in [1.54, 1.807) is 23.5 Å². The predicted octanol–water partition coefficient (Wildman–Crippen LogP) is 5.97. The van der Waals surface area contributed by atoms with Crippen molar-refractivity contribution >= 4 is 17.3 Å². The van der Waals surface area contributed by atoms with E-state index < -0.39 is 12.1 Å². The number of carboxylic acids is 1. The highest BCUT2D eigenvalue weighted by Crippen LogP contribution is 2.29. The standard InChI is InChI=1S/C27H27NO5S/c1-3-22-13-14-25(34-22)26-28-23(18(2)32-26)15-16-31-20-11-9-19(10-12-20)17-24(27(29)30)33-21-7-5-4-6-8-21/h4-14,24H,3,15-17H2,1-2H3,(H,29,30). The van der Waals surface area contributed by atoms with Gasteiger partial charge in [-0.1, -0.05) is 37.3 Å². The van der Waals surface area contributed by atoms with Crippen LogP contribution in [-0.2, 0) is 24.1 Å². The lowest BCUT2D eigenvalue weighted by molar-refractivity contribution is -0.145. The molecule has 1 atom stereocenters. The minimum absolute atomic E-state index is 0.258. The van der Waals surface area contributed by atoms with Gasteiger partial charge in [0.1, 0.15) is 17.3 Å². The Morgan fingerprint density at radius 1 is 1.06 bits per heavy atom. The number of aryl methyl sites for hydroxylation is 2. The van der Waals surface area contributed by atoms with Gasteiger partial charge >= 0.3 is 5.97 Å². The number of hydrogen-bond donors (Lipinski definition) is 1. The van der Waals surface area contributed by atoms with E-state index in [1.807, 2.05) is 49.4 Å². The first kappa shape index (κ1) is 23.6. The van der Waals surface area contributed by atoms with Gasteiger partial charge in [-0.2, -0.15) is 0 Å². The Bertz CT molecular complexity index is 1210. The largest absolute Gasteiger partial charge is 0.493 e. The van der Waals surface area contributed by atoms with E-state index >= 15 is 0 Å². The van der Waals surface area contributed by atoms with E-state index in [4.69, 9.17) is 13.9 Å². The first-order valence-electron chi connectivity index (χ1n) is 11.2. The van der Waals surface area contributed by atoms with Crippen LogP contribution >= 0.6 is 11.3 Å². The second kappa shape index (κ2) is 11.0. The summed E-state index contributed by atoms with van der Waals surface area (Å²) < 4.78 is 17.4. The van der Waals surface area contributed by atoms with Crippen molar-refractivity contribution in [1.29, 1.82) is 0 Å². The van der Waals surface area contributed by atoms with Gasteiger partial charge in [-0.15, -0.1) is 11.3 Å². The molecule has 1 N–H and O–H groups in total. The van der Waals surface area contributed by atoms with Crippen LogP contribution in [0.1, 0.15) is 28.8 Å². The maximum Gasteiger partial charge on any atom is 0.345 e. The number of aliphatic carboxylic acids is 1. The fourth-order valence-corrected chi connectivity index (χ4v) is 4.37. The second-order valence-electron chi connectivity index (χ2n) is 7.85. The molecule has 1 unspecified atom stereocenters. The lowest BCUT2D eigenvalue weighted by Crippen LogP contribution is -2.29. The van der Waals surface area contributed by atoms with Crippen molar-refractivity contribution in [2.45, 2.75) is 39.2 Å². The van der Waals surface area contributed by atoms with Crippen molar-refractivity contribution in [3.8, 4) is 22.3 Å². The van der Waals surface area contributed by atoms with Crippen molar-refractivity contribution in [3.05, 3.63) is 88.6 Å². The van der Waals surface area contributed by atoms with E-state index in [9.17, 15) is 9.90 Å². The lowest BCUT2D eigenvalue weighted by Gasteiger charge is -2.15. The highest BCUT2D eigenvalue weighted by molar-refractivity contribution is 7.15. The van der Waals surface area contributed by atoms with Crippen molar-refractivity contribution in [2.24, 2.45) is 0 Å². The normalized spacial score (nSPS) is 11.8. The molecule has 7 heteroatoms. The maximum atomic E-state index is 11.6. The molecule has 0 saturated carbocycles. The number of thiophene rings is 1. The fraction of sp³-hybridized carbons (Fsp3) is 0.259. The summed E-state index contributed by atoms with van der Waals surface area (Å²) in [5, 5.41) is 9.52. The molecule has 176 valence electrons. The highest BCUT2D eigenvalue weighted by atomic mass is 32.1. The van der Waals surface area contributed by atoms with Crippen LogP contribution in [0.5, 0.6) is 11.5 Å². The second-order valence-corrected chi connectivity index (χ2v) is 9.01. The summed E-state index contributed by atoms with van der Waals surface area (Å²) in [6.07, 6.45) is 0.930. The molecule has 0 aliphatic carbocycles. The van der Waals surface area contributed by atoms with Crippen molar-refractivity contribution in [1.82, 2.24) is 4.98 Å². The number of hydrogen-bond acceptors (Lipinski definition) is 6. The zero-order valence-corrected chi connectivity index (χ0v) is 20.0. The summed E-state index contributed by atoms with van der Waals surface area (Å²) >= 11 is 1.70. The number of nitrogens with zero attached hydrogens (tertiary/aromatic N) is 1. The minimum Gasteiger partial charge on any atom is -0.493 e. The number of carbonyl (C=O) groups is 1. The molecule has 0 radical (unpaired) electrons. The molecule has 4 aromatic rings. The predicted molar refractivity (Wildman–Crippen MR) is 132 cm³/mol. The molecular weight excluding hydrogens is 450 g/mol. The average molecular weight is 478 g/mol. The molecule has 0 aliphatic rings.